The van der Waals surface area contributed by atoms with Gasteiger partial charge in [-0.05, 0) is 30.5 Å². The predicted octanol–water partition coefficient (Wildman–Crippen LogP) is 3.09. The number of anilines is 1. The number of aryl methyl sites for hydroxylation is 1. The van der Waals surface area contributed by atoms with Gasteiger partial charge >= 0.3 is 0 Å². The van der Waals surface area contributed by atoms with Crippen molar-refractivity contribution >= 4 is 16.6 Å². The highest BCUT2D eigenvalue weighted by molar-refractivity contribution is 5.94. The highest BCUT2D eigenvalue weighted by Crippen LogP contribution is 2.29. The fourth-order valence-electron chi connectivity index (χ4n) is 1.97. The normalized spacial score (nSPS) is 11.2. The molecule has 0 aliphatic carbocycles. The molecule has 2 rings (SSSR count). The SMILES string of the molecule is Cc1cc(F)cc2nc(C(C)C)cc(NN)c12. The lowest BCUT2D eigenvalue weighted by Crippen LogP contribution is -2.09. The van der Waals surface area contributed by atoms with E-state index in [1.165, 1.54) is 12.1 Å². The number of fused-ring (bicyclic) bond motifs is 1. The molecule has 0 unspecified atom stereocenters. The minimum atomic E-state index is -0.272. The summed E-state index contributed by atoms with van der Waals surface area (Å²) >= 11 is 0. The minimum absolute atomic E-state index is 0.272. The molecule has 0 fully saturated rings. The van der Waals surface area contributed by atoms with Gasteiger partial charge in [0.05, 0.1) is 11.2 Å². The molecule has 0 aliphatic heterocycles. The summed E-state index contributed by atoms with van der Waals surface area (Å²) in [6.45, 7) is 5.93. The summed E-state index contributed by atoms with van der Waals surface area (Å²) in [7, 11) is 0. The third kappa shape index (κ3) is 2.08. The van der Waals surface area contributed by atoms with Gasteiger partial charge in [0.15, 0.2) is 0 Å². The first-order chi connectivity index (χ1) is 8.02. The number of hydrogen-bond donors (Lipinski definition) is 2. The molecule has 0 bridgehead atoms. The van der Waals surface area contributed by atoms with E-state index in [4.69, 9.17) is 5.84 Å². The van der Waals surface area contributed by atoms with Crippen molar-refractivity contribution in [3.05, 3.63) is 35.3 Å². The molecule has 3 N–H and O–H groups in total. The molecule has 0 spiro atoms. The Hall–Kier alpha value is -1.68. The molecule has 1 heterocycles. The van der Waals surface area contributed by atoms with Crippen LogP contribution in [0.4, 0.5) is 10.1 Å². The summed E-state index contributed by atoms with van der Waals surface area (Å²) in [4.78, 5) is 4.47. The van der Waals surface area contributed by atoms with E-state index in [-0.39, 0.29) is 11.7 Å². The Labute approximate surface area is 99.8 Å². The van der Waals surface area contributed by atoms with E-state index < -0.39 is 0 Å². The second kappa shape index (κ2) is 4.30. The average Bonchev–Trinajstić information content (AvgIpc) is 2.26. The highest BCUT2D eigenvalue weighted by Gasteiger charge is 2.11. The van der Waals surface area contributed by atoms with Gasteiger partial charge in [0.1, 0.15) is 5.82 Å². The van der Waals surface area contributed by atoms with Gasteiger partial charge in [-0.1, -0.05) is 13.8 Å². The molecule has 0 saturated carbocycles. The number of hydrogen-bond acceptors (Lipinski definition) is 3. The van der Waals surface area contributed by atoms with Crippen molar-refractivity contribution in [2.24, 2.45) is 5.84 Å². The molecule has 0 aliphatic rings. The second-order valence-corrected chi connectivity index (χ2v) is 4.51. The molecule has 90 valence electrons. The number of aromatic nitrogens is 1. The van der Waals surface area contributed by atoms with Crippen molar-refractivity contribution in [1.82, 2.24) is 4.98 Å². The fraction of sp³-hybridized carbons (Fsp3) is 0.308. The lowest BCUT2D eigenvalue weighted by Gasteiger charge is -2.13. The maximum atomic E-state index is 13.4. The van der Waals surface area contributed by atoms with E-state index in [2.05, 4.69) is 10.4 Å². The Morgan fingerprint density at radius 1 is 1.29 bits per heavy atom. The number of nitrogens with zero attached hydrogens (tertiary/aromatic N) is 1. The van der Waals surface area contributed by atoms with E-state index in [0.29, 0.717) is 5.52 Å². The number of nitrogen functional groups attached to an aromatic ring is 1. The Balaban J connectivity index is 2.82. The van der Waals surface area contributed by atoms with E-state index in [1.807, 2.05) is 26.8 Å². The van der Waals surface area contributed by atoms with Crippen molar-refractivity contribution in [3.63, 3.8) is 0 Å². The van der Waals surface area contributed by atoms with Gasteiger partial charge in [0.2, 0.25) is 0 Å². The van der Waals surface area contributed by atoms with Crippen LogP contribution in [0.5, 0.6) is 0 Å². The molecule has 4 heteroatoms. The van der Waals surface area contributed by atoms with E-state index in [9.17, 15) is 4.39 Å². The van der Waals surface area contributed by atoms with E-state index in [0.717, 1.165) is 22.3 Å². The Kier molecular flexibility index (Phi) is 2.98. The highest BCUT2D eigenvalue weighted by atomic mass is 19.1. The molecule has 1 aromatic carbocycles. The molecule has 0 radical (unpaired) electrons. The smallest absolute Gasteiger partial charge is 0.125 e. The van der Waals surface area contributed by atoms with Crippen LogP contribution >= 0.6 is 0 Å². The lowest BCUT2D eigenvalue weighted by atomic mass is 10.0. The van der Waals surface area contributed by atoms with Crippen LogP contribution in [0.1, 0.15) is 31.0 Å². The van der Waals surface area contributed by atoms with Gasteiger partial charge in [0.25, 0.3) is 0 Å². The van der Waals surface area contributed by atoms with Crippen LogP contribution in [-0.4, -0.2) is 4.98 Å². The van der Waals surface area contributed by atoms with Gasteiger partial charge < -0.3 is 5.43 Å². The lowest BCUT2D eigenvalue weighted by molar-refractivity contribution is 0.628. The van der Waals surface area contributed by atoms with Crippen molar-refractivity contribution in [2.45, 2.75) is 26.7 Å². The molecule has 1 aromatic heterocycles. The first kappa shape index (κ1) is 11.8. The molecule has 2 aromatic rings. The summed E-state index contributed by atoms with van der Waals surface area (Å²) in [5.74, 6) is 5.52. The molecule has 3 nitrogen and oxygen atoms in total. The zero-order valence-electron chi connectivity index (χ0n) is 10.2. The fourth-order valence-corrected chi connectivity index (χ4v) is 1.97. The van der Waals surface area contributed by atoms with Crippen LogP contribution in [-0.2, 0) is 0 Å². The molecular weight excluding hydrogens is 217 g/mol. The minimum Gasteiger partial charge on any atom is -0.323 e. The van der Waals surface area contributed by atoms with Crippen LogP contribution in [0, 0.1) is 12.7 Å². The van der Waals surface area contributed by atoms with Crippen LogP contribution in [0.3, 0.4) is 0 Å². The first-order valence-electron chi connectivity index (χ1n) is 5.60. The maximum Gasteiger partial charge on any atom is 0.125 e. The van der Waals surface area contributed by atoms with Gasteiger partial charge in [-0.3, -0.25) is 10.8 Å². The zero-order chi connectivity index (χ0) is 12.6. The summed E-state index contributed by atoms with van der Waals surface area (Å²) in [6, 6.07) is 4.84. The number of rotatable bonds is 2. The molecule has 17 heavy (non-hydrogen) atoms. The van der Waals surface area contributed by atoms with E-state index >= 15 is 0 Å². The number of benzene rings is 1. The molecule has 0 amide bonds. The number of pyridine rings is 1. The van der Waals surface area contributed by atoms with E-state index in [1.54, 1.807) is 0 Å². The summed E-state index contributed by atoms with van der Waals surface area (Å²) in [5.41, 5.74) is 5.82. The average molecular weight is 233 g/mol. The number of nitrogens with one attached hydrogen (secondary N) is 1. The number of hydrazine groups is 1. The van der Waals surface area contributed by atoms with Crippen molar-refractivity contribution < 1.29 is 4.39 Å². The number of halogens is 1. The summed E-state index contributed by atoms with van der Waals surface area (Å²) < 4.78 is 13.4. The Bertz CT molecular complexity index is 564. The van der Waals surface area contributed by atoms with Gasteiger partial charge in [0, 0.05) is 17.1 Å². The van der Waals surface area contributed by atoms with Crippen LogP contribution in [0.15, 0.2) is 18.2 Å². The topological polar surface area (TPSA) is 50.9 Å². The first-order valence-corrected chi connectivity index (χ1v) is 5.60. The van der Waals surface area contributed by atoms with Crippen LogP contribution < -0.4 is 11.3 Å². The predicted molar refractivity (Wildman–Crippen MR) is 68.3 cm³/mol. The summed E-state index contributed by atoms with van der Waals surface area (Å²) in [6.07, 6.45) is 0. The maximum absolute atomic E-state index is 13.4. The third-order valence-electron chi connectivity index (χ3n) is 2.84. The monoisotopic (exact) mass is 233 g/mol. The molecule has 0 saturated heterocycles. The summed E-state index contributed by atoms with van der Waals surface area (Å²) in [5, 5.41) is 0.873. The van der Waals surface area contributed by atoms with Gasteiger partial charge in [-0.15, -0.1) is 0 Å². The standard InChI is InChI=1S/C13H16FN3/c1-7(2)10-6-12(17-15)13-8(3)4-9(14)5-11(13)16-10/h4-7H,15H2,1-3H3,(H,16,17). The quantitative estimate of drug-likeness (QED) is 0.619. The Morgan fingerprint density at radius 2 is 2.00 bits per heavy atom. The van der Waals surface area contributed by atoms with Crippen molar-refractivity contribution in [2.75, 3.05) is 5.43 Å². The van der Waals surface area contributed by atoms with Gasteiger partial charge in [-0.2, -0.15) is 0 Å². The van der Waals surface area contributed by atoms with Crippen LogP contribution in [0.25, 0.3) is 10.9 Å². The number of nitrogens with two attached hydrogens (primary N) is 1. The second-order valence-electron chi connectivity index (χ2n) is 4.51. The Morgan fingerprint density at radius 3 is 2.59 bits per heavy atom. The largest absolute Gasteiger partial charge is 0.323 e. The third-order valence-corrected chi connectivity index (χ3v) is 2.84. The van der Waals surface area contributed by atoms with Crippen molar-refractivity contribution in [3.8, 4) is 0 Å². The molecule has 0 atom stereocenters. The molecular formula is C13H16FN3. The zero-order valence-corrected chi connectivity index (χ0v) is 10.2. The van der Waals surface area contributed by atoms with Crippen molar-refractivity contribution in [1.29, 1.82) is 0 Å². The van der Waals surface area contributed by atoms with Crippen LogP contribution in [0.2, 0.25) is 0 Å². The van der Waals surface area contributed by atoms with Gasteiger partial charge in [-0.25, -0.2) is 4.39 Å².